The molecule has 0 aromatic carbocycles. The minimum absolute atomic E-state index is 0.285. The van der Waals surface area contributed by atoms with Gasteiger partial charge in [-0.25, -0.2) is 4.98 Å². The zero-order chi connectivity index (χ0) is 8.97. The largest absolute Gasteiger partial charge is 0.467 e. The number of methoxy groups -OCH3 is 1. The van der Waals surface area contributed by atoms with Crippen LogP contribution in [0.1, 0.15) is 5.56 Å². The number of nitrogens with zero attached hydrogens (tertiary/aromatic N) is 2. The quantitative estimate of drug-likeness (QED) is 0.532. The molecule has 1 rings (SSSR count). The van der Waals surface area contributed by atoms with Crippen LogP contribution in [0.2, 0.25) is 5.15 Å². The van der Waals surface area contributed by atoms with Gasteiger partial charge in [-0.05, 0) is 6.42 Å². The Balaban J connectivity index is 2.94. The van der Waals surface area contributed by atoms with E-state index in [1.807, 2.05) is 0 Å². The molecule has 1 heterocycles. The molecule has 0 bridgehead atoms. The Morgan fingerprint density at radius 3 is 3.00 bits per heavy atom. The molecule has 0 amide bonds. The van der Waals surface area contributed by atoms with Gasteiger partial charge in [0.05, 0.1) is 7.11 Å². The average Bonchev–Trinajstić information content (AvgIpc) is 2.09. The van der Waals surface area contributed by atoms with Gasteiger partial charge in [-0.2, -0.15) is 4.98 Å². The second kappa shape index (κ2) is 4.07. The molecule has 12 heavy (non-hydrogen) atoms. The number of allylic oxidation sites excluding steroid dienone is 1. The van der Waals surface area contributed by atoms with E-state index in [2.05, 4.69) is 16.5 Å². The second-order valence-electron chi connectivity index (χ2n) is 2.17. The Labute approximate surface area is 76.1 Å². The maximum Gasteiger partial charge on any atom is 0.317 e. The van der Waals surface area contributed by atoms with E-state index in [9.17, 15) is 0 Å². The molecule has 4 heteroatoms. The van der Waals surface area contributed by atoms with Crippen LogP contribution in [0.25, 0.3) is 0 Å². The highest BCUT2D eigenvalue weighted by Crippen LogP contribution is 2.15. The van der Waals surface area contributed by atoms with Crippen molar-refractivity contribution < 1.29 is 4.74 Å². The van der Waals surface area contributed by atoms with Gasteiger partial charge in [0.25, 0.3) is 0 Å². The number of hydrogen-bond acceptors (Lipinski definition) is 3. The molecule has 64 valence electrons. The fraction of sp³-hybridized carbons (Fsp3) is 0.250. The zero-order valence-corrected chi connectivity index (χ0v) is 7.51. The van der Waals surface area contributed by atoms with E-state index in [1.165, 1.54) is 7.11 Å². The fourth-order valence-corrected chi connectivity index (χ4v) is 0.960. The molecule has 0 fully saturated rings. The van der Waals surface area contributed by atoms with Crippen LogP contribution in [-0.2, 0) is 6.42 Å². The first-order chi connectivity index (χ1) is 5.77. The van der Waals surface area contributed by atoms with Gasteiger partial charge < -0.3 is 4.74 Å². The van der Waals surface area contributed by atoms with Gasteiger partial charge in [-0.15, -0.1) is 6.58 Å². The van der Waals surface area contributed by atoms with Crippen LogP contribution in [0.5, 0.6) is 6.01 Å². The molecular formula is C8H9ClN2O. The minimum atomic E-state index is 0.285. The van der Waals surface area contributed by atoms with Crippen LogP contribution < -0.4 is 4.74 Å². The van der Waals surface area contributed by atoms with E-state index in [4.69, 9.17) is 16.3 Å². The zero-order valence-electron chi connectivity index (χ0n) is 6.75. The third-order valence-corrected chi connectivity index (χ3v) is 1.66. The van der Waals surface area contributed by atoms with E-state index < -0.39 is 0 Å². The molecule has 0 N–H and O–H groups in total. The van der Waals surface area contributed by atoms with Gasteiger partial charge in [0.15, 0.2) is 0 Å². The Morgan fingerprint density at radius 1 is 1.75 bits per heavy atom. The van der Waals surface area contributed by atoms with Crippen molar-refractivity contribution in [2.24, 2.45) is 0 Å². The summed E-state index contributed by atoms with van der Waals surface area (Å²) in [7, 11) is 1.50. The molecule has 0 aliphatic rings. The highest BCUT2D eigenvalue weighted by atomic mass is 35.5. The Kier molecular flexibility index (Phi) is 3.05. The molecule has 3 nitrogen and oxygen atoms in total. The summed E-state index contributed by atoms with van der Waals surface area (Å²) in [4.78, 5) is 7.81. The summed E-state index contributed by atoms with van der Waals surface area (Å²) in [6.07, 6.45) is 4.05. The number of halogens is 1. The van der Waals surface area contributed by atoms with E-state index in [0.29, 0.717) is 11.6 Å². The first-order valence-corrected chi connectivity index (χ1v) is 3.82. The first-order valence-electron chi connectivity index (χ1n) is 3.44. The third-order valence-electron chi connectivity index (χ3n) is 1.34. The van der Waals surface area contributed by atoms with E-state index in [0.717, 1.165) is 5.56 Å². The molecule has 0 unspecified atom stereocenters. The Bertz CT molecular complexity index is 288. The molecular weight excluding hydrogens is 176 g/mol. The predicted molar refractivity (Wildman–Crippen MR) is 47.5 cm³/mol. The molecule has 0 spiro atoms. The Hall–Kier alpha value is -1.09. The summed E-state index contributed by atoms with van der Waals surface area (Å²) >= 11 is 5.81. The van der Waals surface area contributed by atoms with E-state index in [1.54, 1.807) is 12.3 Å². The van der Waals surface area contributed by atoms with Crippen LogP contribution in [0.4, 0.5) is 0 Å². The van der Waals surface area contributed by atoms with Crippen LogP contribution in [0.3, 0.4) is 0 Å². The van der Waals surface area contributed by atoms with Crippen LogP contribution in [-0.4, -0.2) is 17.1 Å². The lowest BCUT2D eigenvalue weighted by Gasteiger charge is -2.01. The van der Waals surface area contributed by atoms with Crippen molar-refractivity contribution >= 4 is 11.6 Å². The minimum Gasteiger partial charge on any atom is -0.467 e. The van der Waals surface area contributed by atoms with Gasteiger partial charge in [-0.3, -0.25) is 0 Å². The second-order valence-corrected chi connectivity index (χ2v) is 2.52. The van der Waals surface area contributed by atoms with Crippen LogP contribution in [0.15, 0.2) is 18.9 Å². The van der Waals surface area contributed by atoms with Gasteiger partial charge in [-0.1, -0.05) is 17.7 Å². The summed E-state index contributed by atoms with van der Waals surface area (Å²) in [6, 6.07) is 0.285. The van der Waals surface area contributed by atoms with Crippen molar-refractivity contribution in [3.05, 3.63) is 29.6 Å². The van der Waals surface area contributed by atoms with E-state index >= 15 is 0 Å². The predicted octanol–water partition coefficient (Wildman–Crippen LogP) is 1.87. The first kappa shape index (κ1) is 9.00. The van der Waals surface area contributed by atoms with Crippen molar-refractivity contribution in [2.45, 2.75) is 6.42 Å². The number of aromatic nitrogens is 2. The molecule has 0 aliphatic heterocycles. The van der Waals surface area contributed by atoms with Crippen molar-refractivity contribution in [1.82, 2.24) is 9.97 Å². The maximum absolute atomic E-state index is 5.81. The smallest absolute Gasteiger partial charge is 0.317 e. The van der Waals surface area contributed by atoms with Crippen LogP contribution in [0, 0.1) is 0 Å². The molecule has 1 aromatic heterocycles. The summed E-state index contributed by atoms with van der Waals surface area (Å²) in [5.41, 5.74) is 0.854. The highest BCUT2D eigenvalue weighted by molar-refractivity contribution is 6.30. The molecule has 0 atom stereocenters. The van der Waals surface area contributed by atoms with E-state index in [-0.39, 0.29) is 6.01 Å². The molecule has 0 saturated heterocycles. The van der Waals surface area contributed by atoms with Gasteiger partial charge in [0.1, 0.15) is 5.15 Å². The Morgan fingerprint density at radius 2 is 2.50 bits per heavy atom. The van der Waals surface area contributed by atoms with Gasteiger partial charge in [0, 0.05) is 11.8 Å². The fourth-order valence-electron chi connectivity index (χ4n) is 0.762. The monoisotopic (exact) mass is 184 g/mol. The highest BCUT2D eigenvalue weighted by Gasteiger charge is 2.02. The molecule has 0 saturated carbocycles. The molecule has 1 aromatic rings. The number of hydrogen-bond donors (Lipinski definition) is 0. The van der Waals surface area contributed by atoms with Gasteiger partial charge in [0.2, 0.25) is 0 Å². The standard InChI is InChI=1S/C8H9ClN2O/c1-3-4-6-5-10-8(12-2)11-7(6)9/h3,5H,1,4H2,2H3. The maximum atomic E-state index is 5.81. The topological polar surface area (TPSA) is 35.0 Å². The summed E-state index contributed by atoms with van der Waals surface area (Å²) in [5, 5.41) is 0.418. The van der Waals surface area contributed by atoms with Crippen molar-refractivity contribution in [2.75, 3.05) is 7.11 Å². The lowest BCUT2D eigenvalue weighted by molar-refractivity contribution is 0.379. The summed E-state index contributed by atoms with van der Waals surface area (Å²) < 4.78 is 4.80. The van der Waals surface area contributed by atoms with Crippen molar-refractivity contribution in [3.8, 4) is 6.01 Å². The van der Waals surface area contributed by atoms with Crippen molar-refractivity contribution in [1.29, 1.82) is 0 Å². The molecule has 0 aliphatic carbocycles. The third kappa shape index (κ3) is 1.95. The molecule has 0 radical (unpaired) electrons. The normalized spacial score (nSPS) is 9.50. The van der Waals surface area contributed by atoms with Crippen molar-refractivity contribution in [3.63, 3.8) is 0 Å². The summed E-state index contributed by atoms with van der Waals surface area (Å²) in [5.74, 6) is 0. The lowest BCUT2D eigenvalue weighted by atomic mass is 10.2. The summed E-state index contributed by atoms with van der Waals surface area (Å²) in [6.45, 7) is 3.59. The lowest BCUT2D eigenvalue weighted by Crippen LogP contribution is -1.95. The average molecular weight is 185 g/mol. The number of rotatable bonds is 3. The SMILES string of the molecule is C=CCc1cnc(OC)nc1Cl. The number of ether oxygens (including phenoxy) is 1. The van der Waals surface area contributed by atoms with Gasteiger partial charge >= 0.3 is 6.01 Å². The van der Waals surface area contributed by atoms with Crippen LogP contribution >= 0.6 is 11.6 Å².